The van der Waals surface area contributed by atoms with Crippen molar-refractivity contribution in [2.75, 3.05) is 39.5 Å². The summed E-state index contributed by atoms with van der Waals surface area (Å²) in [6.45, 7) is -1.15. The highest BCUT2D eigenvalue weighted by Crippen LogP contribution is 2.23. The van der Waals surface area contributed by atoms with Crippen LogP contribution in [0.5, 0.6) is 0 Å². The maximum atomic E-state index is 12.8. The molecule has 2 heterocycles. The van der Waals surface area contributed by atoms with Crippen molar-refractivity contribution in [2.45, 2.75) is 80.8 Å². The molecule has 2 fully saturated rings. The quantitative estimate of drug-likeness (QED) is 0.0355. The number of azide groups is 1. The second-order valence-electron chi connectivity index (χ2n) is 10.7. The van der Waals surface area contributed by atoms with Crippen molar-refractivity contribution in [3.63, 3.8) is 0 Å². The van der Waals surface area contributed by atoms with Crippen LogP contribution in [0.15, 0.2) is 23.3 Å². The van der Waals surface area contributed by atoms with Crippen LogP contribution in [0.4, 0.5) is 0 Å². The monoisotopic (exact) mass is 659 g/mol. The fourth-order valence-corrected chi connectivity index (χ4v) is 4.72. The largest absolute Gasteiger partial charge is 0.394 e. The number of nitrogens with one attached hydrogen (secondary N) is 2. The van der Waals surface area contributed by atoms with Crippen LogP contribution in [-0.4, -0.2) is 154 Å². The van der Waals surface area contributed by atoms with Crippen LogP contribution in [0.3, 0.4) is 0 Å². The van der Waals surface area contributed by atoms with Crippen molar-refractivity contribution in [2.24, 2.45) is 5.11 Å². The number of aliphatic hydroxyl groups excluding tert-OH is 8. The Hall–Kier alpha value is -3.01. The third-order valence-electron chi connectivity index (χ3n) is 7.31. The van der Waals surface area contributed by atoms with E-state index in [9.17, 15) is 50.4 Å². The minimum absolute atomic E-state index is 0.0202. The van der Waals surface area contributed by atoms with E-state index in [2.05, 4.69) is 20.7 Å². The van der Waals surface area contributed by atoms with Crippen molar-refractivity contribution in [1.82, 2.24) is 10.6 Å². The number of amides is 2. The topological polar surface area (TPSA) is 306 Å². The Kier molecular flexibility index (Phi) is 14.9. The summed E-state index contributed by atoms with van der Waals surface area (Å²) in [7, 11) is 0. The van der Waals surface area contributed by atoms with Crippen molar-refractivity contribution in [3.8, 4) is 0 Å². The fourth-order valence-electron chi connectivity index (χ4n) is 4.72. The number of nitrogens with zero attached hydrogens (tertiary/aromatic N) is 3. The second-order valence-corrected chi connectivity index (χ2v) is 10.7. The molecule has 2 aliphatic rings. The molecule has 0 radical (unpaired) electrons. The molecule has 0 aliphatic carbocycles. The average molecular weight is 660 g/mol. The summed E-state index contributed by atoms with van der Waals surface area (Å²) in [5.74, 6) is -1.09. The first kappa shape index (κ1) is 37.4. The number of aliphatic hydroxyl groups is 8. The van der Waals surface area contributed by atoms with Gasteiger partial charge in [0.1, 0.15) is 48.8 Å². The first-order valence-corrected chi connectivity index (χ1v) is 14.6. The molecule has 10 N–H and O–H groups in total. The lowest BCUT2D eigenvalue weighted by molar-refractivity contribution is -0.301. The van der Waals surface area contributed by atoms with Crippen molar-refractivity contribution in [3.05, 3.63) is 45.3 Å². The van der Waals surface area contributed by atoms with Gasteiger partial charge in [-0.05, 0) is 42.1 Å². The van der Waals surface area contributed by atoms with Gasteiger partial charge in [0.25, 0.3) is 11.8 Å². The number of carbonyl (C=O) groups is 2. The summed E-state index contributed by atoms with van der Waals surface area (Å²) in [5, 5.41) is 86.8. The van der Waals surface area contributed by atoms with Gasteiger partial charge in [0.15, 0.2) is 12.6 Å². The Morgan fingerprint density at radius 2 is 1.17 bits per heavy atom. The third-order valence-corrected chi connectivity index (χ3v) is 7.31. The molecule has 2 aliphatic heterocycles. The SMILES string of the molecule is [N-]=[N+]=NCc1cc(C(=O)NCCCOC2OC(CO)C(O)C(O)C2O)cc(C(=O)NCCCOC2OC(CO)C(O)C(O)C2O)c1. The second kappa shape index (κ2) is 18.4. The Labute approximate surface area is 262 Å². The van der Waals surface area contributed by atoms with E-state index < -0.39 is 86.4 Å². The van der Waals surface area contributed by atoms with Crippen LogP contribution < -0.4 is 10.6 Å². The molecule has 1 aromatic rings. The van der Waals surface area contributed by atoms with E-state index in [0.29, 0.717) is 5.56 Å². The number of ether oxygens (including phenoxy) is 4. The zero-order valence-electron chi connectivity index (χ0n) is 24.7. The highest BCUT2D eigenvalue weighted by molar-refractivity contribution is 6.00. The molecule has 0 spiro atoms. The van der Waals surface area contributed by atoms with E-state index in [-0.39, 0.29) is 56.8 Å². The molecule has 46 heavy (non-hydrogen) atoms. The van der Waals surface area contributed by atoms with Gasteiger partial charge in [-0.15, -0.1) is 0 Å². The minimum Gasteiger partial charge on any atom is -0.394 e. The van der Waals surface area contributed by atoms with E-state index in [1.54, 1.807) is 0 Å². The fraction of sp³-hybridized carbons (Fsp3) is 0.704. The van der Waals surface area contributed by atoms with Gasteiger partial charge in [-0.25, -0.2) is 0 Å². The van der Waals surface area contributed by atoms with Crippen LogP contribution in [0, 0.1) is 0 Å². The van der Waals surface area contributed by atoms with Gasteiger partial charge in [0, 0.05) is 29.1 Å². The summed E-state index contributed by atoms with van der Waals surface area (Å²) in [6, 6.07) is 4.26. The third kappa shape index (κ3) is 9.99. The zero-order valence-corrected chi connectivity index (χ0v) is 24.7. The van der Waals surface area contributed by atoms with Gasteiger partial charge in [0.05, 0.1) is 33.0 Å². The molecule has 10 atom stereocenters. The van der Waals surface area contributed by atoms with E-state index in [1.165, 1.54) is 18.2 Å². The molecule has 10 unspecified atom stereocenters. The number of benzene rings is 1. The van der Waals surface area contributed by atoms with E-state index in [0.717, 1.165) is 0 Å². The van der Waals surface area contributed by atoms with Gasteiger partial charge in [-0.1, -0.05) is 5.11 Å². The summed E-state index contributed by atoms with van der Waals surface area (Å²) in [4.78, 5) is 28.4. The summed E-state index contributed by atoms with van der Waals surface area (Å²) in [6.07, 6.45) is -13.6. The van der Waals surface area contributed by atoms with E-state index >= 15 is 0 Å². The van der Waals surface area contributed by atoms with Crippen LogP contribution in [0.1, 0.15) is 39.1 Å². The normalized spacial score (nSPS) is 31.1. The molecule has 0 aromatic heterocycles. The first-order chi connectivity index (χ1) is 22.0. The van der Waals surface area contributed by atoms with Gasteiger partial charge in [-0.2, -0.15) is 0 Å². The van der Waals surface area contributed by atoms with Gasteiger partial charge in [0.2, 0.25) is 0 Å². The van der Waals surface area contributed by atoms with Crippen molar-refractivity contribution >= 4 is 11.8 Å². The highest BCUT2D eigenvalue weighted by atomic mass is 16.7. The lowest BCUT2D eigenvalue weighted by Crippen LogP contribution is -2.59. The molecule has 19 nitrogen and oxygen atoms in total. The molecule has 19 heteroatoms. The van der Waals surface area contributed by atoms with Crippen LogP contribution in [-0.2, 0) is 25.5 Å². The van der Waals surface area contributed by atoms with E-state index in [1.807, 2.05) is 0 Å². The number of hydrogen-bond donors (Lipinski definition) is 10. The number of carbonyl (C=O) groups excluding carboxylic acids is 2. The molecule has 2 saturated heterocycles. The highest BCUT2D eigenvalue weighted by Gasteiger charge is 2.45. The molecule has 2 amide bonds. The molecule has 1 aromatic carbocycles. The van der Waals surface area contributed by atoms with Crippen LogP contribution >= 0.6 is 0 Å². The molecular weight excluding hydrogens is 618 g/mol. The van der Waals surface area contributed by atoms with Crippen molar-refractivity contribution < 1.29 is 69.4 Å². The predicted molar refractivity (Wildman–Crippen MR) is 153 cm³/mol. The van der Waals surface area contributed by atoms with E-state index in [4.69, 9.17) is 24.5 Å². The first-order valence-electron chi connectivity index (χ1n) is 14.6. The standard InChI is InChI=1S/C27H41N5O14/c28-32-31-10-13-7-14(24(41)29-3-1-5-43-26-22(39)20(37)18(35)16(11-33)45-26)9-15(8-13)25(42)30-4-2-6-44-27-23(40)21(38)19(36)17(12-34)46-27/h7-9,16-23,26-27,33-40H,1-6,10-12H2,(H,29,41)(H,30,42). The molecule has 0 saturated carbocycles. The maximum absolute atomic E-state index is 12.8. The number of rotatable bonds is 16. The summed E-state index contributed by atoms with van der Waals surface area (Å²) in [5.41, 5.74) is 9.31. The van der Waals surface area contributed by atoms with Gasteiger partial charge < -0.3 is 70.4 Å². The Morgan fingerprint density at radius 1 is 0.739 bits per heavy atom. The molecule has 258 valence electrons. The lowest BCUT2D eigenvalue weighted by atomic mass is 9.99. The zero-order chi connectivity index (χ0) is 33.8. The number of hydrogen-bond acceptors (Lipinski definition) is 15. The Bertz CT molecular complexity index is 1110. The van der Waals surface area contributed by atoms with Crippen LogP contribution in [0.2, 0.25) is 0 Å². The minimum atomic E-state index is -1.58. The average Bonchev–Trinajstić information content (AvgIpc) is 3.06. The van der Waals surface area contributed by atoms with Gasteiger partial charge >= 0.3 is 0 Å². The van der Waals surface area contributed by atoms with Crippen molar-refractivity contribution in [1.29, 1.82) is 0 Å². The van der Waals surface area contributed by atoms with Gasteiger partial charge in [-0.3, -0.25) is 9.59 Å². The smallest absolute Gasteiger partial charge is 0.251 e. The molecular formula is C27H41N5O14. The summed E-state index contributed by atoms with van der Waals surface area (Å²) < 4.78 is 21.3. The Balaban J connectivity index is 1.48. The molecule has 3 rings (SSSR count). The van der Waals surface area contributed by atoms with Crippen LogP contribution in [0.25, 0.3) is 10.4 Å². The predicted octanol–water partition coefficient (Wildman–Crippen LogP) is -3.63. The maximum Gasteiger partial charge on any atom is 0.251 e. The lowest BCUT2D eigenvalue weighted by Gasteiger charge is -2.39. The molecule has 0 bridgehead atoms. The summed E-state index contributed by atoms with van der Waals surface area (Å²) >= 11 is 0. The Morgan fingerprint density at radius 3 is 1.57 bits per heavy atom.